The first-order valence-electron chi connectivity index (χ1n) is 8.03. The summed E-state index contributed by atoms with van der Waals surface area (Å²) in [6.45, 7) is 3.94. The molecule has 0 radical (unpaired) electrons. The van der Waals surface area contributed by atoms with Gasteiger partial charge in [0, 0.05) is 26.2 Å². The van der Waals surface area contributed by atoms with E-state index in [-0.39, 0.29) is 4.21 Å². The van der Waals surface area contributed by atoms with Gasteiger partial charge < -0.3 is 9.80 Å². The van der Waals surface area contributed by atoms with Crippen LogP contribution in [0.15, 0.2) is 34.5 Å². The van der Waals surface area contributed by atoms with E-state index >= 15 is 0 Å². The number of sulfonamides is 1. The summed E-state index contributed by atoms with van der Waals surface area (Å²) >= 11 is 8.47. The summed E-state index contributed by atoms with van der Waals surface area (Å²) in [6, 6.07) is 8.51. The summed E-state index contributed by atoms with van der Waals surface area (Å²) in [6.07, 6.45) is 0. The highest BCUT2D eigenvalue weighted by molar-refractivity contribution is 7.94. The summed E-state index contributed by atoms with van der Waals surface area (Å²) in [5.41, 5.74) is 1.40. The van der Waals surface area contributed by atoms with Gasteiger partial charge in [-0.15, -0.1) is 11.3 Å². The number of aromatic nitrogens is 1. The predicted molar refractivity (Wildman–Crippen MR) is 109 cm³/mol. The Morgan fingerprint density at radius 2 is 1.88 bits per heavy atom. The molecule has 1 fully saturated rings. The number of anilines is 2. The molecule has 0 unspecified atom stereocenters. The number of halogens is 1. The van der Waals surface area contributed by atoms with Crippen molar-refractivity contribution < 1.29 is 8.42 Å². The third-order valence-electron chi connectivity index (χ3n) is 4.22. The third-order valence-corrected chi connectivity index (χ3v) is 8.40. The number of nitrogens with zero attached hydrogens (tertiary/aromatic N) is 3. The van der Waals surface area contributed by atoms with Gasteiger partial charge in [-0.05, 0) is 37.4 Å². The standard InChI is InChI=1S/C16H17ClN4O2S3/c1-20-6-8-21(9-7-20)16-18-12-3-2-11(10-13(12)24-16)19-26(22,23)15-5-4-14(17)25-15/h2-5,10,19H,6-9H2,1H3. The Hall–Kier alpha value is -1.39. The molecule has 0 saturated carbocycles. The molecule has 10 heteroatoms. The second-order valence-corrected chi connectivity index (χ2v) is 10.8. The molecule has 1 aliphatic heterocycles. The second kappa shape index (κ2) is 6.97. The van der Waals surface area contributed by atoms with Gasteiger partial charge in [-0.25, -0.2) is 13.4 Å². The molecular weight excluding hydrogens is 412 g/mol. The fraction of sp³-hybridized carbons (Fsp3) is 0.312. The van der Waals surface area contributed by atoms with E-state index in [1.807, 2.05) is 12.1 Å². The monoisotopic (exact) mass is 428 g/mol. The average molecular weight is 429 g/mol. The van der Waals surface area contributed by atoms with E-state index in [9.17, 15) is 8.42 Å². The Bertz CT molecular complexity index is 1040. The number of fused-ring (bicyclic) bond motifs is 1. The van der Waals surface area contributed by atoms with Crippen molar-refractivity contribution in [3.8, 4) is 0 Å². The zero-order valence-electron chi connectivity index (χ0n) is 14.0. The number of thiophene rings is 1. The van der Waals surface area contributed by atoms with Crippen molar-refractivity contribution in [2.24, 2.45) is 0 Å². The van der Waals surface area contributed by atoms with Gasteiger partial charge in [0.2, 0.25) is 0 Å². The number of piperazine rings is 1. The van der Waals surface area contributed by atoms with Crippen LogP contribution in [0.25, 0.3) is 10.2 Å². The largest absolute Gasteiger partial charge is 0.345 e. The summed E-state index contributed by atoms with van der Waals surface area (Å²) in [4.78, 5) is 9.27. The fourth-order valence-corrected chi connectivity index (χ4v) is 6.35. The Labute approximate surface area is 165 Å². The van der Waals surface area contributed by atoms with E-state index in [0.29, 0.717) is 10.0 Å². The molecule has 0 bridgehead atoms. The van der Waals surface area contributed by atoms with E-state index in [1.54, 1.807) is 23.5 Å². The lowest BCUT2D eigenvalue weighted by Gasteiger charge is -2.31. The summed E-state index contributed by atoms with van der Waals surface area (Å²) in [7, 11) is -1.51. The number of benzene rings is 1. The van der Waals surface area contributed by atoms with Gasteiger partial charge in [0.15, 0.2) is 5.13 Å². The maximum atomic E-state index is 12.4. The Kier molecular flexibility index (Phi) is 4.83. The first-order valence-corrected chi connectivity index (χ1v) is 11.5. The molecule has 1 aliphatic rings. The van der Waals surface area contributed by atoms with E-state index in [2.05, 4.69) is 21.6 Å². The molecule has 3 heterocycles. The summed E-state index contributed by atoms with van der Waals surface area (Å²) in [5, 5.41) is 0.984. The molecule has 1 N–H and O–H groups in total. The molecule has 138 valence electrons. The lowest BCUT2D eigenvalue weighted by Crippen LogP contribution is -2.44. The Morgan fingerprint density at radius 3 is 2.58 bits per heavy atom. The smallest absolute Gasteiger partial charge is 0.271 e. The van der Waals surface area contributed by atoms with Crippen molar-refractivity contribution in [2.45, 2.75) is 4.21 Å². The number of nitrogens with one attached hydrogen (secondary N) is 1. The second-order valence-electron chi connectivity index (χ2n) is 6.13. The molecule has 0 spiro atoms. The lowest BCUT2D eigenvalue weighted by molar-refractivity contribution is 0.313. The van der Waals surface area contributed by atoms with E-state index < -0.39 is 10.0 Å². The topological polar surface area (TPSA) is 65.5 Å². The summed E-state index contributed by atoms with van der Waals surface area (Å²) < 4.78 is 29.1. The van der Waals surface area contributed by atoms with Gasteiger partial charge >= 0.3 is 0 Å². The first kappa shape index (κ1) is 18.0. The lowest BCUT2D eigenvalue weighted by atomic mass is 10.3. The van der Waals surface area contributed by atoms with Crippen molar-refractivity contribution in [1.29, 1.82) is 0 Å². The van der Waals surface area contributed by atoms with Crippen molar-refractivity contribution in [3.63, 3.8) is 0 Å². The number of hydrogen-bond donors (Lipinski definition) is 1. The van der Waals surface area contributed by atoms with Gasteiger partial charge in [-0.2, -0.15) is 0 Å². The minimum absolute atomic E-state index is 0.199. The number of likely N-dealkylation sites (N-methyl/N-ethyl adjacent to an activating group) is 1. The molecule has 1 aromatic carbocycles. The van der Waals surface area contributed by atoms with Gasteiger partial charge in [0.05, 0.1) is 20.2 Å². The molecule has 0 amide bonds. The molecule has 1 saturated heterocycles. The van der Waals surface area contributed by atoms with Crippen LogP contribution in [0.2, 0.25) is 4.34 Å². The summed E-state index contributed by atoms with van der Waals surface area (Å²) in [5.74, 6) is 0. The normalized spacial score (nSPS) is 16.3. The van der Waals surface area contributed by atoms with Crippen LogP contribution in [0.4, 0.5) is 10.8 Å². The highest BCUT2D eigenvalue weighted by Gasteiger charge is 2.19. The van der Waals surface area contributed by atoms with Crippen LogP contribution in [-0.2, 0) is 10.0 Å². The van der Waals surface area contributed by atoms with Crippen LogP contribution in [0.3, 0.4) is 0 Å². The maximum Gasteiger partial charge on any atom is 0.271 e. The number of hydrogen-bond acceptors (Lipinski definition) is 7. The highest BCUT2D eigenvalue weighted by Crippen LogP contribution is 2.32. The fourth-order valence-electron chi connectivity index (χ4n) is 2.76. The maximum absolute atomic E-state index is 12.4. The van der Waals surface area contributed by atoms with Crippen LogP contribution in [0, 0.1) is 0 Å². The van der Waals surface area contributed by atoms with Crippen LogP contribution < -0.4 is 9.62 Å². The number of thiazole rings is 1. The van der Waals surface area contributed by atoms with Crippen molar-refractivity contribution in [2.75, 3.05) is 42.8 Å². The van der Waals surface area contributed by atoms with Crippen LogP contribution >= 0.6 is 34.3 Å². The van der Waals surface area contributed by atoms with Crippen molar-refractivity contribution in [1.82, 2.24) is 9.88 Å². The SMILES string of the molecule is CN1CCN(c2nc3ccc(NS(=O)(=O)c4ccc(Cl)s4)cc3s2)CC1. The average Bonchev–Trinajstić information content (AvgIpc) is 3.21. The van der Waals surface area contributed by atoms with Crippen LogP contribution in [0.1, 0.15) is 0 Å². The van der Waals surface area contributed by atoms with Gasteiger partial charge in [-0.1, -0.05) is 22.9 Å². The van der Waals surface area contributed by atoms with E-state index in [0.717, 1.165) is 52.9 Å². The van der Waals surface area contributed by atoms with Gasteiger partial charge in [0.1, 0.15) is 4.21 Å². The third kappa shape index (κ3) is 3.67. The molecular formula is C16H17ClN4O2S3. The molecule has 0 atom stereocenters. The molecule has 4 rings (SSSR count). The quantitative estimate of drug-likeness (QED) is 0.688. The molecule has 0 aliphatic carbocycles. The molecule has 6 nitrogen and oxygen atoms in total. The first-order chi connectivity index (χ1) is 12.4. The minimum atomic E-state index is -3.63. The van der Waals surface area contributed by atoms with E-state index in [1.165, 1.54) is 6.07 Å². The Balaban J connectivity index is 1.58. The number of rotatable bonds is 4. The minimum Gasteiger partial charge on any atom is -0.345 e. The molecule has 26 heavy (non-hydrogen) atoms. The van der Waals surface area contributed by atoms with Crippen LogP contribution in [0.5, 0.6) is 0 Å². The molecule has 2 aromatic heterocycles. The molecule has 3 aromatic rings. The predicted octanol–water partition coefficient (Wildman–Crippen LogP) is 3.56. The van der Waals surface area contributed by atoms with Crippen molar-refractivity contribution in [3.05, 3.63) is 34.7 Å². The highest BCUT2D eigenvalue weighted by atomic mass is 35.5. The zero-order valence-corrected chi connectivity index (χ0v) is 17.2. The zero-order chi connectivity index (χ0) is 18.3. The Morgan fingerprint density at radius 1 is 1.12 bits per heavy atom. The van der Waals surface area contributed by atoms with Crippen LogP contribution in [-0.4, -0.2) is 51.5 Å². The van der Waals surface area contributed by atoms with E-state index in [4.69, 9.17) is 16.6 Å². The van der Waals surface area contributed by atoms with Gasteiger partial charge in [-0.3, -0.25) is 4.72 Å². The van der Waals surface area contributed by atoms with Gasteiger partial charge in [0.25, 0.3) is 10.0 Å². The van der Waals surface area contributed by atoms with Crippen molar-refractivity contribution >= 4 is 65.3 Å².